The Bertz CT molecular complexity index is 1110. The highest BCUT2D eigenvalue weighted by Gasteiger charge is 2.15. The summed E-state index contributed by atoms with van der Waals surface area (Å²) < 4.78 is 2.25. The van der Waals surface area contributed by atoms with Gasteiger partial charge in [0, 0.05) is 26.7 Å². The molecule has 0 spiro atoms. The van der Waals surface area contributed by atoms with Crippen LogP contribution in [0, 0.1) is 0 Å². The highest BCUT2D eigenvalue weighted by atomic mass is 32.1. The van der Waals surface area contributed by atoms with E-state index in [9.17, 15) is 14.4 Å². The third kappa shape index (κ3) is 3.80. The van der Waals surface area contributed by atoms with Crippen LogP contribution in [0.1, 0.15) is 41.6 Å². The van der Waals surface area contributed by atoms with Gasteiger partial charge in [0.15, 0.2) is 0 Å². The number of amides is 1. The summed E-state index contributed by atoms with van der Waals surface area (Å²) in [6.07, 6.45) is 5.46. The van der Waals surface area contributed by atoms with Gasteiger partial charge < -0.3 is 0 Å². The Kier molecular flexibility index (Phi) is 5.45. The number of carbonyl (C=O) groups excluding carboxylic acids is 1. The van der Waals surface area contributed by atoms with Gasteiger partial charge in [-0.1, -0.05) is 31.1 Å². The first-order valence-corrected chi connectivity index (χ1v) is 9.43. The fourth-order valence-electron chi connectivity index (χ4n) is 2.69. The van der Waals surface area contributed by atoms with E-state index < -0.39 is 17.2 Å². The van der Waals surface area contributed by atoms with E-state index in [-0.39, 0.29) is 16.6 Å². The number of aromatic nitrogens is 5. The number of unbranched alkanes of at least 4 members (excludes halogenated alkanes) is 2. The Morgan fingerprint density at radius 1 is 1.19 bits per heavy atom. The van der Waals surface area contributed by atoms with Crippen LogP contribution in [0.25, 0.3) is 11.0 Å². The fraction of sp³-hybridized carbons (Fsp3) is 0.412. The number of pyridine rings is 1. The van der Waals surface area contributed by atoms with E-state index >= 15 is 0 Å². The lowest BCUT2D eigenvalue weighted by Gasteiger charge is -2.07. The molecule has 3 aromatic rings. The zero-order valence-electron chi connectivity index (χ0n) is 15.4. The van der Waals surface area contributed by atoms with Crippen molar-refractivity contribution < 1.29 is 4.79 Å². The maximum atomic E-state index is 12.5. The molecule has 3 rings (SSSR count). The molecule has 1 amide bonds. The van der Waals surface area contributed by atoms with Crippen LogP contribution < -0.4 is 16.6 Å². The monoisotopic (exact) mass is 388 g/mol. The number of hydrogen-bond donors (Lipinski definition) is 1. The highest BCUT2D eigenvalue weighted by molar-refractivity contribution is 7.15. The molecule has 0 fully saturated rings. The van der Waals surface area contributed by atoms with Gasteiger partial charge >= 0.3 is 5.69 Å². The third-order valence-corrected chi connectivity index (χ3v) is 5.14. The van der Waals surface area contributed by atoms with Crippen LogP contribution in [0.5, 0.6) is 0 Å². The van der Waals surface area contributed by atoms with Crippen molar-refractivity contribution in [2.75, 3.05) is 5.32 Å². The molecule has 0 atom stereocenters. The lowest BCUT2D eigenvalue weighted by Crippen LogP contribution is -2.37. The van der Waals surface area contributed by atoms with Crippen molar-refractivity contribution in [3.05, 3.63) is 43.7 Å². The molecule has 0 radical (unpaired) electrons. The van der Waals surface area contributed by atoms with E-state index in [4.69, 9.17) is 0 Å². The van der Waals surface area contributed by atoms with Gasteiger partial charge in [0.25, 0.3) is 11.5 Å². The fourth-order valence-corrected chi connectivity index (χ4v) is 3.47. The molecule has 10 heteroatoms. The highest BCUT2D eigenvalue weighted by Crippen LogP contribution is 2.18. The Hall–Kier alpha value is -2.88. The first-order valence-electron chi connectivity index (χ1n) is 8.62. The predicted octanol–water partition coefficient (Wildman–Crippen LogP) is 1.47. The molecule has 3 aromatic heterocycles. The van der Waals surface area contributed by atoms with Gasteiger partial charge in [-0.3, -0.25) is 24.0 Å². The average Bonchev–Trinajstić information content (AvgIpc) is 3.11. The van der Waals surface area contributed by atoms with Gasteiger partial charge in [0.1, 0.15) is 10.7 Å². The lowest BCUT2D eigenvalue weighted by molar-refractivity contribution is 0.102. The Balaban J connectivity index is 1.84. The first-order chi connectivity index (χ1) is 12.9. The summed E-state index contributed by atoms with van der Waals surface area (Å²) in [7, 11) is 2.91. The standard InChI is InChI=1S/C17H20N6O3S/c1-4-5-6-7-12-20-21-16(27-12)19-14(24)10-8-11-13(18-9-10)22(2)17(26)23(3)15(11)25/h8-9H,4-7H2,1-3H3,(H,19,21,24). The Labute approximate surface area is 158 Å². The van der Waals surface area contributed by atoms with Crippen molar-refractivity contribution in [3.8, 4) is 0 Å². The van der Waals surface area contributed by atoms with Crippen LogP contribution in [0.2, 0.25) is 0 Å². The molecule has 9 nitrogen and oxygen atoms in total. The molecule has 1 N–H and O–H groups in total. The van der Waals surface area contributed by atoms with E-state index in [0.717, 1.165) is 35.3 Å². The van der Waals surface area contributed by atoms with Gasteiger partial charge in [0.2, 0.25) is 5.13 Å². The summed E-state index contributed by atoms with van der Waals surface area (Å²) in [5, 5.41) is 12.2. The lowest BCUT2D eigenvalue weighted by atomic mass is 10.2. The van der Waals surface area contributed by atoms with Crippen molar-refractivity contribution in [1.29, 1.82) is 0 Å². The normalized spacial score (nSPS) is 11.1. The largest absolute Gasteiger partial charge is 0.332 e. The van der Waals surface area contributed by atoms with Gasteiger partial charge in [-0.25, -0.2) is 9.78 Å². The number of hydrogen-bond acceptors (Lipinski definition) is 7. The molecule has 0 aromatic carbocycles. The number of rotatable bonds is 6. The van der Waals surface area contributed by atoms with Crippen LogP contribution in [-0.4, -0.2) is 30.2 Å². The predicted molar refractivity (Wildman–Crippen MR) is 103 cm³/mol. The molecule has 142 valence electrons. The quantitative estimate of drug-likeness (QED) is 0.640. The minimum absolute atomic E-state index is 0.199. The van der Waals surface area contributed by atoms with E-state index in [2.05, 4.69) is 27.4 Å². The molecule has 0 unspecified atom stereocenters. The minimum atomic E-state index is -0.496. The summed E-state index contributed by atoms with van der Waals surface area (Å²) in [6.45, 7) is 2.13. The molecule has 3 heterocycles. The number of nitrogens with zero attached hydrogens (tertiary/aromatic N) is 5. The maximum absolute atomic E-state index is 12.5. The number of anilines is 1. The SMILES string of the molecule is CCCCCc1nnc(NC(=O)c2cnc3c(c2)c(=O)n(C)c(=O)n3C)s1. The maximum Gasteiger partial charge on any atom is 0.332 e. The molecule has 0 saturated carbocycles. The summed E-state index contributed by atoms with van der Waals surface area (Å²) >= 11 is 1.33. The zero-order valence-corrected chi connectivity index (χ0v) is 16.2. The van der Waals surface area contributed by atoms with E-state index in [1.165, 1.54) is 42.3 Å². The van der Waals surface area contributed by atoms with Crippen LogP contribution in [0.3, 0.4) is 0 Å². The van der Waals surface area contributed by atoms with Crippen molar-refractivity contribution in [2.45, 2.75) is 32.6 Å². The van der Waals surface area contributed by atoms with Crippen molar-refractivity contribution >= 4 is 33.4 Å². The topological polar surface area (TPSA) is 112 Å². The second-order valence-electron chi connectivity index (χ2n) is 6.21. The molecule has 0 aliphatic carbocycles. The first kappa shape index (κ1) is 18.9. The molecule has 0 aliphatic rings. The number of nitrogens with one attached hydrogen (secondary N) is 1. The Morgan fingerprint density at radius 3 is 2.70 bits per heavy atom. The third-order valence-electron chi connectivity index (χ3n) is 4.24. The summed E-state index contributed by atoms with van der Waals surface area (Å²) in [5.74, 6) is -0.434. The number of carbonyl (C=O) groups is 1. The second kappa shape index (κ2) is 7.78. The van der Waals surface area contributed by atoms with Gasteiger partial charge in [0.05, 0.1) is 10.9 Å². The molecule has 0 saturated heterocycles. The molecule has 27 heavy (non-hydrogen) atoms. The smallest absolute Gasteiger partial charge is 0.296 e. The van der Waals surface area contributed by atoms with Crippen LogP contribution in [-0.2, 0) is 20.5 Å². The van der Waals surface area contributed by atoms with Crippen molar-refractivity contribution in [3.63, 3.8) is 0 Å². The van der Waals surface area contributed by atoms with E-state index in [0.29, 0.717) is 5.13 Å². The summed E-state index contributed by atoms with van der Waals surface area (Å²) in [4.78, 5) is 40.9. The zero-order chi connectivity index (χ0) is 19.6. The van der Waals surface area contributed by atoms with E-state index in [1.54, 1.807) is 0 Å². The number of aryl methyl sites for hydroxylation is 2. The Morgan fingerprint density at radius 2 is 1.96 bits per heavy atom. The molecular weight excluding hydrogens is 368 g/mol. The van der Waals surface area contributed by atoms with Crippen LogP contribution in [0.4, 0.5) is 5.13 Å². The summed E-state index contributed by atoms with van der Waals surface area (Å²) in [6, 6.07) is 1.43. The minimum Gasteiger partial charge on any atom is -0.296 e. The second-order valence-corrected chi connectivity index (χ2v) is 7.28. The molecular formula is C17H20N6O3S. The van der Waals surface area contributed by atoms with Crippen molar-refractivity contribution in [2.24, 2.45) is 14.1 Å². The summed E-state index contributed by atoms with van der Waals surface area (Å²) in [5.41, 5.74) is -0.527. The average molecular weight is 388 g/mol. The van der Waals surface area contributed by atoms with Gasteiger partial charge in [-0.15, -0.1) is 10.2 Å². The van der Waals surface area contributed by atoms with Gasteiger partial charge in [-0.05, 0) is 12.5 Å². The molecule has 0 bridgehead atoms. The van der Waals surface area contributed by atoms with Gasteiger partial charge in [-0.2, -0.15) is 0 Å². The number of fused-ring (bicyclic) bond motifs is 1. The van der Waals surface area contributed by atoms with Crippen LogP contribution in [0.15, 0.2) is 21.9 Å². The molecule has 0 aliphatic heterocycles. The van der Waals surface area contributed by atoms with Crippen molar-refractivity contribution in [1.82, 2.24) is 24.3 Å². The van der Waals surface area contributed by atoms with Crippen LogP contribution >= 0.6 is 11.3 Å². The van der Waals surface area contributed by atoms with E-state index in [1.807, 2.05) is 0 Å².